The zero-order valence-electron chi connectivity index (χ0n) is 17.9. The van der Waals surface area contributed by atoms with E-state index in [9.17, 15) is 4.79 Å². The van der Waals surface area contributed by atoms with Crippen molar-refractivity contribution >= 4 is 16.8 Å². The van der Waals surface area contributed by atoms with E-state index >= 15 is 0 Å². The van der Waals surface area contributed by atoms with Crippen LogP contribution < -0.4 is 5.32 Å². The normalized spacial score (nSPS) is 23.6. The van der Waals surface area contributed by atoms with E-state index in [1.807, 2.05) is 30.3 Å². The second-order valence-electron chi connectivity index (χ2n) is 9.22. The minimum atomic E-state index is 0.0234. The minimum Gasteiger partial charge on any atom is -0.349 e. The SMILES string of the molecule is CCc1ccc(-c2cc(C(=O)N[C@@H](C)[C@@H]3C[C@@H]4CC[C@@H]3C4)c3ccccc3n2)cc1. The Morgan fingerprint density at radius 2 is 1.90 bits per heavy atom. The highest BCUT2D eigenvalue weighted by atomic mass is 16.1. The third-order valence-corrected chi connectivity index (χ3v) is 7.41. The predicted molar refractivity (Wildman–Crippen MR) is 122 cm³/mol. The Morgan fingerprint density at radius 1 is 1.10 bits per heavy atom. The van der Waals surface area contributed by atoms with Gasteiger partial charge in [0, 0.05) is 17.0 Å². The van der Waals surface area contributed by atoms with Crippen molar-refractivity contribution in [3.05, 3.63) is 65.7 Å². The number of nitrogens with zero attached hydrogens (tertiary/aromatic N) is 1. The highest BCUT2D eigenvalue weighted by Crippen LogP contribution is 2.49. The number of fused-ring (bicyclic) bond motifs is 3. The van der Waals surface area contributed by atoms with Gasteiger partial charge in [-0.15, -0.1) is 0 Å². The number of nitrogens with one attached hydrogen (secondary N) is 1. The molecule has 2 bridgehead atoms. The summed E-state index contributed by atoms with van der Waals surface area (Å²) in [6.07, 6.45) is 6.38. The quantitative estimate of drug-likeness (QED) is 0.571. The van der Waals surface area contributed by atoms with Crippen molar-refractivity contribution in [2.75, 3.05) is 0 Å². The molecule has 4 atom stereocenters. The molecule has 1 N–H and O–H groups in total. The predicted octanol–water partition coefficient (Wildman–Crippen LogP) is 6.02. The van der Waals surface area contributed by atoms with Gasteiger partial charge in [0.2, 0.25) is 0 Å². The van der Waals surface area contributed by atoms with E-state index in [2.05, 4.69) is 43.4 Å². The first kappa shape index (κ1) is 19.3. The van der Waals surface area contributed by atoms with Gasteiger partial charge in [-0.3, -0.25) is 4.79 Å². The van der Waals surface area contributed by atoms with Crippen LogP contribution >= 0.6 is 0 Å². The van der Waals surface area contributed by atoms with Crippen LogP contribution in [0, 0.1) is 17.8 Å². The Hall–Kier alpha value is -2.68. The van der Waals surface area contributed by atoms with Gasteiger partial charge in [-0.05, 0) is 68.1 Å². The van der Waals surface area contributed by atoms with Gasteiger partial charge in [0.15, 0.2) is 0 Å². The first-order chi connectivity index (χ1) is 14.6. The number of amides is 1. The molecule has 3 heteroatoms. The minimum absolute atomic E-state index is 0.0234. The average Bonchev–Trinajstić information content (AvgIpc) is 3.42. The van der Waals surface area contributed by atoms with Crippen molar-refractivity contribution in [1.29, 1.82) is 0 Å². The van der Waals surface area contributed by atoms with E-state index in [0.29, 0.717) is 5.92 Å². The first-order valence-electron chi connectivity index (χ1n) is 11.4. The van der Waals surface area contributed by atoms with Gasteiger partial charge in [0.25, 0.3) is 5.91 Å². The van der Waals surface area contributed by atoms with Crippen LogP contribution in [0.4, 0.5) is 0 Å². The number of rotatable bonds is 5. The molecule has 1 heterocycles. The number of carbonyl (C=O) groups is 1. The molecule has 0 saturated heterocycles. The van der Waals surface area contributed by atoms with E-state index < -0.39 is 0 Å². The zero-order chi connectivity index (χ0) is 20.7. The highest BCUT2D eigenvalue weighted by molar-refractivity contribution is 6.07. The number of aryl methyl sites for hydroxylation is 1. The van der Waals surface area contributed by atoms with Crippen LogP contribution in [0.15, 0.2) is 54.6 Å². The number of aromatic nitrogens is 1. The molecule has 1 aromatic heterocycles. The number of benzene rings is 2. The van der Waals surface area contributed by atoms with Gasteiger partial charge in [0.1, 0.15) is 0 Å². The fourth-order valence-corrected chi connectivity index (χ4v) is 5.72. The van der Waals surface area contributed by atoms with Gasteiger partial charge in [-0.2, -0.15) is 0 Å². The van der Waals surface area contributed by atoms with Gasteiger partial charge in [-0.1, -0.05) is 55.8 Å². The summed E-state index contributed by atoms with van der Waals surface area (Å²) in [5, 5.41) is 4.27. The molecular formula is C27H30N2O. The third kappa shape index (κ3) is 3.51. The standard InChI is InChI=1S/C27H30N2O/c1-3-18-8-11-20(12-9-18)26-16-24(22-6-4-5-7-25(22)29-26)27(30)28-17(2)23-15-19-10-13-21(23)14-19/h4-9,11-12,16-17,19,21,23H,3,10,13-15H2,1-2H3,(H,28,30)/t17-,19+,21+,23-/m0/s1. The molecule has 0 radical (unpaired) electrons. The van der Waals surface area contributed by atoms with Crippen LogP contribution in [-0.4, -0.2) is 16.9 Å². The van der Waals surface area contributed by atoms with Crippen molar-refractivity contribution in [3.63, 3.8) is 0 Å². The fraction of sp³-hybridized carbons (Fsp3) is 0.407. The third-order valence-electron chi connectivity index (χ3n) is 7.41. The van der Waals surface area contributed by atoms with E-state index in [4.69, 9.17) is 4.98 Å². The topological polar surface area (TPSA) is 42.0 Å². The molecule has 154 valence electrons. The first-order valence-corrected chi connectivity index (χ1v) is 11.4. The lowest BCUT2D eigenvalue weighted by molar-refractivity contribution is 0.0917. The molecule has 2 saturated carbocycles. The molecule has 2 aromatic carbocycles. The molecule has 0 aliphatic heterocycles. The Kier molecular flexibility index (Phi) is 5.06. The summed E-state index contributed by atoms with van der Waals surface area (Å²) in [5.74, 6) is 2.34. The molecule has 2 aliphatic rings. The Labute approximate surface area is 178 Å². The summed E-state index contributed by atoms with van der Waals surface area (Å²) >= 11 is 0. The van der Waals surface area contributed by atoms with Gasteiger partial charge in [0.05, 0.1) is 16.8 Å². The van der Waals surface area contributed by atoms with Crippen LogP contribution in [0.5, 0.6) is 0 Å². The molecule has 0 unspecified atom stereocenters. The Morgan fingerprint density at radius 3 is 2.60 bits per heavy atom. The number of pyridine rings is 1. The Bertz CT molecular complexity index is 1070. The maximum atomic E-state index is 13.4. The molecule has 5 rings (SSSR count). The van der Waals surface area contributed by atoms with E-state index in [1.165, 1.54) is 31.2 Å². The molecule has 1 amide bonds. The van der Waals surface area contributed by atoms with Crippen molar-refractivity contribution in [2.24, 2.45) is 17.8 Å². The molecule has 30 heavy (non-hydrogen) atoms. The summed E-state index contributed by atoms with van der Waals surface area (Å²) in [7, 11) is 0. The monoisotopic (exact) mass is 398 g/mol. The number of hydrogen-bond donors (Lipinski definition) is 1. The molecule has 3 aromatic rings. The second-order valence-corrected chi connectivity index (χ2v) is 9.22. The van der Waals surface area contributed by atoms with Crippen LogP contribution in [0.25, 0.3) is 22.2 Å². The van der Waals surface area contributed by atoms with Gasteiger partial charge >= 0.3 is 0 Å². The van der Waals surface area contributed by atoms with Crippen molar-refractivity contribution in [3.8, 4) is 11.3 Å². The zero-order valence-corrected chi connectivity index (χ0v) is 17.9. The molecular weight excluding hydrogens is 368 g/mol. The summed E-state index contributed by atoms with van der Waals surface area (Å²) < 4.78 is 0. The second kappa shape index (κ2) is 7.86. The van der Waals surface area contributed by atoms with Crippen molar-refractivity contribution in [1.82, 2.24) is 10.3 Å². The lowest BCUT2D eigenvalue weighted by Gasteiger charge is -2.28. The van der Waals surface area contributed by atoms with Crippen LogP contribution in [-0.2, 0) is 6.42 Å². The fourth-order valence-electron chi connectivity index (χ4n) is 5.72. The van der Waals surface area contributed by atoms with Gasteiger partial charge in [-0.25, -0.2) is 4.98 Å². The lowest BCUT2D eigenvalue weighted by atomic mass is 9.84. The molecule has 2 aliphatic carbocycles. The van der Waals surface area contributed by atoms with Crippen molar-refractivity contribution < 1.29 is 4.79 Å². The number of carbonyl (C=O) groups excluding carboxylic acids is 1. The highest BCUT2D eigenvalue weighted by Gasteiger charge is 2.42. The maximum Gasteiger partial charge on any atom is 0.252 e. The van der Waals surface area contributed by atoms with E-state index in [1.54, 1.807) is 0 Å². The summed E-state index contributed by atoms with van der Waals surface area (Å²) in [4.78, 5) is 18.2. The van der Waals surface area contributed by atoms with Crippen LogP contribution in [0.3, 0.4) is 0 Å². The lowest BCUT2D eigenvalue weighted by Crippen LogP contribution is -2.40. The van der Waals surface area contributed by atoms with E-state index in [0.717, 1.165) is 46.0 Å². The number of para-hydroxylation sites is 1. The molecule has 3 nitrogen and oxygen atoms in total. The summed E-state index contributed by atoms with van der Waals surface area (Å²) in [6, 6.07) is 18.6. The maximum absolute atomic E-state index is 13.4. The summed E-state index contributed by atoms with van der Waals surface area (Å²) in [5.41, 5.74) is 4.80. The largest absolute Gasteiger partial charge is 0.349 e. The van der Waals surface area contributed by atoms with E-state index in [-0.39, 0.29) is 11.9 Å². The van der Waals surface area contributed by atoms with Crippen LogP contribution in [0.2, 0.25) is 0 Å². The average molecular weight is 399 g/mol. The van der Waals surface area contributed by atoms with Gasteiger partial charge < -0.3 is 5.32 Å². The Balaban J connectivity index is 1.46. The molecule has 0 spiro atoms. The molecule has 2 fully saturated rings. The summed E-state index contributed by atoms with van der Waals surface area (Å²) in [6.45, 7) is 4.35. The van der Waals surface area contributed by atoms with Crippen LogP contribution in [0.1, 0.15) is 55.5 Å². The van der Waals surface area contributed by atoms with Crippen molar-refractivity contribution in [2.45, 2.75) is 52.0 Å². The number of hydrogen-bond acceptors (Lipinski definition) is 2. The smallest absolute Gasteiger partial charge is 0.252 e.